The third-order valence-electron chi connectivity index (χ3n) is 13.1. The molecular formula is C54H66N4O3Se2. The number of nitrogens with zero attached hydrogens (tertiary/aromatic N) is 3. The van der Waals surface area contributed by atoms with Gasteiger partial charge >= 0.3 is 393 Å². The Hall–Kier alpha value is -4.20. The summed E-state index contributed by atoms with van der Waals surface area (Å²) < 4.78 is 8.03. The minimum absolute atomic E-state index is 0.0137. The number of aryl methyl sites for hydroxylation is 2. The summed E-state index contributed by atoms with van der Waals surface area (Å²) in [6, 6.07) is 17.0. The van der Waals surface area contributed by atoms with Gasteiger partial charge in [-0.3, -0.25) is 0 Å². The Kier molecular flexibility index (Phi) is 15.6. The molecule has 0 radical (unpaired) electrons. The summed E-state index contributed by atoms with van der Waals surface area (Å²) in [5.74, 6) is 6.34. The summed E-state index contributed by atoms with van der Waals surface area (Å²) in [4.78, 5) is 42.0. The van der Waals surface area contributed by atoms with Crippen molar-refractivity contribution in [3.05, 3.63) is 117 Å². The van der Waals surface area contributed by atoms with Crippen LogP contribution in [0, 0.1) is 35.3 Å². The van der Waals surface area contributed by atoms with E-state index in [1.54, 1.807) is 18.5 Å². The number of unbranched alkanes of at least 4 members (excludes halogenated alkanes) is 1. The quantitative estimate of drug-likeness (QED) is 0.115. The second kappa shape index (κ2) is 20.3. The van der Waals surface area contributed by atoms with Gasteiger partial charge in [-0.05, 0) is 0 Å². The van der Waals surface area contributed by atoms with Crippen molar-refractivity contribution in [1.29, 1.82) is 0 Å². The number of morpholine rings is 1. The summed E-state index contributed by atoms with van der Waals surface area (Å²) in [6.07, 6.45) is 10.2. The molecule has 7 rings (SSSR count). The Balaban J connectivity index is 0.000000210. The number of ether oxygens (including phenoxy) is 1. The molecular weight excluding hydrogens is 911 g/mol. The number of rotatable bonds is 7. The molecule has 0 unspecified atom stereocenters. The first-order valence-corrected chi connectivity index (χ1v) is 26.0. The molecule has 1 N–H and O–H groups in total. The molecule has 0 spiro atoms. The molecule has 3 aliphatic rings. The molecule has 2 aliphatic carbocycles. The summed E-state index contributed by atoms with van der Waals surface area (Å²) >= 11 is 0.120. The molecule has 0 bridgehead atoms. The van der Waals surface area contributed by atoms with Gasteiger partial charge in [0.25, 0.3) is 0 Å². The van der Waals surface area contributed by atoms with Crippen LogP contribution in [-0.2, 0) is 26.4 Å². The van der Waals surface area contributed by atoms with E-state index in [1.165, 1.54) is 68.0 Å². The first-order chi connectivity index (χ1) is 29.8. The number of aromatic nitrogens is 2. The van der Waals surface area contributed by atoms with Crippen LogP contribution in [0.3, 0.4) is 0 Å². The number of hydrogen-bond donors (Lipinski definition) is 1. The fourth-order valence-electron chi connectivity index (χ4n) is 8.52. The molecule has 0 atom stereocenters. The molecule has 1 aliphatic heterocycles. The third kappa shape index (κ3) is 11.9. The zero-order valence-corrected chi connectivity index (χ0v) is 42.9. The number of hydrogen-bond acceptors (Lipinski definition) is 5. The van der Waals surface area contributed by atoms with E-state index in [0.717, 1.165) is 12.8 Å². The van der Waals surface area contributed by atoms with Crippen LogP contribution in [0.1, 0.15) is 166 Å². The van der Waals surface area contributed by atoms with E-state index in [4.69, 9.17) is 4.74 Å². The van der Waals surface area contributed by atoms with Crippen LogP contribution in [0.25, 0.3) is 0 Å². The molecule has 2 aromatic carbocycles. The van der Waals surface area contributed by atoms with E-state index in [2.05, 4.69) is 137 Å². The first-order valence-electron chi connectivity index (χ1n) is 22.6. The number of carbonyl (C=O) groups excluding carboxylic acids is 2. The molecule has 2 aromatic heterocycles. The normalized spacial score (nSPS) is 17.5. The Morgan fingerprint density at radius 2 is 1.10 bits per heavy atom. The Bertz CT molecular complexity index is 2420. The van der Waals surface area contributed by atoms with Gasteiger partial charge in [-0.15, -0.1) is 0 Å². The van der Waals surface area contributed by atoms with Crippen LogP contribution in [-0.4, -0.2) is 89.4 Å². The molecule has 3 heterocycles. The molecule has 1 saturated heterocycles. The van der Waals surface area contributed by atoms with Gasteiger partial charge in [-0.2, -0.15) is 0 Å². The standard InChI is InChI=1S/C27H32N2O2Se.C27H34N2OSe/c1-19-16-22-23(27(4,5)10-9-26(22,2)3)17-24(19)32-15-8-21-7-6-20(18-28-21)25(30)29-11-13-31-14-12-29;1-7-8-14-28-25(30)20-9-10-21(29-18-20)11-15-31-24-17-23-22(16-19(24)2)26(3,4)12-13-27(23,5)6/h6-7,16-18H,9-14H2,1-5H3;9-10,16-18H,7-8,12-14H2,1-6H3,(H,28,30). The Morgan fingerprint density at radius 1 is 0.667 bits per heavy atom. The van der Waals surface area contributed by atoms with E-state index in [-0.39, 0.29) is 63.4 Å². The van der Waals surface area contributed by atoms with Crippen molar-refractivity contribution >= 4 is 50.7 Å². The zero-order valence-electron chi connectivity index (χ0n) is 39.4. The molecule has 1 fully saturated rings. The van der Waals surface area contributed by atoms with Crippen LogP contribution < -0.4 is 14.2 Å². The van der Waals surface area contributed by atoms with Crippen molar-refractivity contribution in [1.82, 2.24) is 20.2 Å². The van der Waals surface area contributed by atoms with Gasteiger partial charge in [0.05, 0.1) is 0 Å². The predicted molar refractivity (Wildman–Crippen MR) is 260 cm³/mol. The van der Waals surface area contributed by atoms with E-state index >= 15 is 0 Å². The molecule has 9 heteroatoms. The van der Waals surface area contributed by atoms with E-state index < -0.39 is 0 Å². The Morgan fingerprint density at radius 3 is 1.51 bits per heavy atom. The van der Waals surface area contributed by atoms with Gasteiger partial charge in [0.15, 0.2) is 0 Å². The molecule has 2 amide bonds. The van der Waals surface area contributed by atoms with E-state index in [1.807, 2.05) is 23.1 Å². The molecule has 4 aromatic rings. The zero-order chi connectivity index (χ0) is 45.6. The van der Waals surface area contributed by atoms with Gasteiger partial charge in [0, 0.05) is 0 Å². The van der Waals surface area contributed by atoms with Gasteiger partial charge < -0.3 is 0 Å². The van der Waals surface area contributed by atoms with Gasteiger partial charge in [-0.1, -0.05) is 0 Å². The summed E-state index contributed by atoms with van der Waals surface area (Å²) in [6.45, 7) is 28.6. The average Bonchev–Trinajstić information content (AvgIpc) is 3.26. The summed E-state index contributed by atoms with van der Waals surface area (Å²) in [5, 5.41) is 2.92. The van der Waals surface area contributed by atoms with Gasteiger partial charge in [0.2, 0.25) is 0 Å². The van der Waals surface area contributed by atoms with Crippen LogP contribution in [0.5, 0.6) is 0 Å². The monoisotopic (exact) mass is 978 g/mol. The second-order valence-corrected chi connectivity index (χ2v) is 23.5. The van der Waals surface area contributed by atoms with Crippen LogP contribution in [0.2, 0.25) is 0 Å². The van der Waals surface area contributed by atoms with Crippen molar-refractivity contribution in [3.8, 4) is 21.5 Å². The molecule has 7 nitrogen and oxygen atoms in total. The minimum atomic E-state index is -0.0695. The van der Waals surface area contributed by atoms with E-state index in [9.17, 15) is 9.59 Å². The van der Waals surface area contributed by atoms with Crippen molar-refractivity contribution in [2.75, 3.05) is 32.8 Å². The number of pyridine rings is 2. The van der Waals surface area contributed by atoms with Gasteiger partial charge in [0.1, 0.15) is 0 Å². The average molecular weight is 977 g/mol. The third-order valence-corrected chi connectivity index (χ3v) is 16.8. The van der Waals surface area contributed by atoms with Crippen LogP contribution in [0.15, 0.2) is 60.9 Å². The number of benzene rings is 2. The van der Waals surface area contributed by atoms with Gasteiger partial charge in [-0.25, -0.2) is 0 Å². The molecule has 332 valence electrons. The number of nitrogens with one attached hydrogen (secondary N) is 1. The van der Waals surface area contributed by atoms with Crippen LogP contribution in [0.4, 0.5) is 0 Å². The fraction of sp³-hybridized carbons (Fsp3) is 0.481. The topological polar surface area (TPSA) is 84.4 Å². The summed E-state index contributed by atoms with van der Waals surface area (Å²) in [7, 11) is 0. The molecule has 63 heavy (non-hydrogen) atoms. The summed E-state index contributed by atoms with van der Waals surface area (Å²) in [5.41, 5.74) is 12.2. The first kappa shape index (κ1) is 48.3. The number of carbonyl (C=O) groups is 2. The van der Waals surface area contributed by atoms with E-state index in [0.29, 0.717) is 55.4 Å². The fourth-order valence-corrected chi connectivity index (χ4v) is 11.3. The van der Waals surface area contributed by atoms with Crippen molar-refractivity contribution in [2.45, 2.75) is 136 Å². The maximum atomic E-state index is 12.6. The number of fused-ring (bicyclic) bond motifs is 2. The van der Waals surface area contributed by atoms with Crippen molar-refractivity contribution < 1.29 is 14.3 Å². The predicted octanol–water partition coefficient (Wildman–Crippen LogP) is 8.16. The SMILES string of the molecule is CCCCNC(=O)c1ccc(C#C[Se]c2cc3c(cc2C)C(C)(C)CCC3(C)C)nc1.Cc1cc2c(cc1[Se]C#Cc1ccc(C(=O)N3CCOCC3)cn1)C(C)(C)CCC2(C)C. The van der Waals surface area contributed by atoms with Crippen LogP contribution >= 0.6 is 0 Å². The second-order valence-electron chi connectivity index (χ2n) is 19.9. The van der Waals surface area contributed by atoms with Crippen molar-refractivity contribution in [3.63, 3.8) is 0 Å². The molecule has 0 saturated carbocycles. The maximum absolute atomic E-state index is 12.6. The number of amides is 2. The Labute approximate surface area is 390 Å². The van der Waals surface area contributed by atoms with Crippen molar-refractivity contribution in [2.24, 2.45) is 0 Å².